The summed E-state index contributed by atoms with van der Waals surface area (Å²) < 4.78 is 0. The van der Waals surface area contributed by atoms with Crippen LogP contribution in [0.15, 0.2) is 17.5 Å². The molecule has 2 fully saturated rings. The molecule has 4 amide bonds. The van der Waals surface area contributed by atoms with Crippen LogP contribution in [-0.2, 0) is 20.9 Å². The number of thiophene rings is 1. The molecule has 2 aliphatic rings. The van der Waals surface area contributed by atoms with E-state index in [9.17, 15) is 19.2 Å². The summed E-state index contributed by atoms with van der Waals surface area (Å²) in [5, 5.41) is 10.7. The van der Waals surface area contributed by atoms with Crippen molar-refractivity contribution < 1.29 is 24.3 Å². The Labute approximate surface area is 167 Å². The molecule has 3 heterocycles. The monoisotopic (exact) mass is 407 g/mol. The van der Waals surface area contributed by atoms with Gasteiger partial charge in [-0.25, -0.2) is 4.79 Å². The maximum absolute atomic E-state index is 13.0. The van der Waals surface area contributed by atoms with E-state index in [1.165, 1.54) is 4.90 Å². The smallest absolute Gasteiger partial charge is 0.327 e. The van der Waals surface area contributed by atoms with E-state index in [-0.39, 0.29) is 43.1 Å². The van der Waals surface area contributed by atoms with E-state index in [1.54, 1.807) is 21.1 Å². The van der Waals surface area contributed by atoms with Crippen LogP contribution in [0.1, 0.15) is 43.9 Å². The van der Waals surface area contributed by atoms with Crippen molar-refractivity contribution >= 4 is 35.2 Å². The number of likely N-dealkylation sites (tertiary alicyclic amines) is 1. The number of amides is 4. The number of carboxylic acids is 1. The topological polar surface area (TPSA) is 98.2 Å². The number of carbonyl (C=O) groups is 4. The first-order valence-corrected chi connectivity index (χ1v) is 10.5. The summed E-state index contributed by atoms with van der Waals surface area (Å²) in [6.07, 6.45) is 1.46. The molecule has 1 aromatic heterocycles. The van der Waals surface area contributed by atoms with Gasteiger partial charge in [0.2, 0.25) is 5.91 Å². The lowest BCUT2D eigenvalue weighted by atomic mass is 10.0. The maximum Gasteiger partial charge on any atom is 0.327 e. The highest BCUT2D eigenvalue weighted by Gasteiger charge is 2.52. The molecule has 0 saturated carbocycles. The maximum atomic E-state index is 13.0. The third-order valence-electron chi connectivity index (χ3n) is 5.22. The van der Waals surface area contributed by atoms with Crippen molar-refractivity contribution in [3.8, 4) is 0 Å². The van der Waals surface area contributed by atoms with Gasteiger partial charge in [0.1, 0.15) is 6.04 Å². The van der Waals surface area contributed by atoms with Crippen LogP contribution in [0.2, 0.25) is 0 Å². The fraction of sp³-hybridized carbons (Fsp3) is 0.579. The molecule has 9 heteroatoms. The number of imide groups is 1. The van der Waals surface area contributed by atoms with Gasteiger partial charge in [0.05, 0.1) is 12.6 Å². The summed E-state index contributed by atoms with van der Waals surface area (Å²) in [5.74, 6) is -1.48. The first kappa shape index (κ1) is 20.3. The van der Waals surface area contributed by atoms with Crippen LogP contribution in [0, 0.1) is 0 Å². The molecule has 0 unspecified atom stereocenters. The number of carbonyl (C=O) groups excluding carboxylic acids is 3. The number of rotatable bonds is 8. The summed E-state index contributed by atoms with van der Waals surface area (Å²) in [5.41, 5.74) is 0. The zero-order chi connectivity index (χ0) is 20.3. The van der Waals surface area contributed by atoms with Gasteiger partial charge in [-0.15, -0.1) is 11.3 Å². The summed E-state index contributed by atoms with van der Waals surface area (Å²) in [4.78, 5) is 54.9. The van der Waals surface area contributed by atoms with Crippen molar-refractivity contribution in [2.75, 3.05) is 13.1 Å². The zero-order valence-corrected chi connectivity index (χ0v) is 16.7. The zero-order valence-electron chi connectivity index (χ0n) is 15.9. The molecule has 8 nitrogen and oxygen atoms in total. The van der Waals surface area contributed by atoms with Gasteiger partial charge in [-0.1, -0.05) is 13.0 Å². The second-order valence-corrected chi connectivity index (χ2v) is 8.15. The van der Waals surface area contributed by atoms with Gasteiger partial charge >= 0.3 is 12.0 Å². The Morgan fingerprint density at radius 3 is 2.71 bits per heavy atom. The number of carboxylic acid groups (broad SMARTS) is 1. The Kier molecular flexibility index (Phi) is 6.33. The molecule has 0 aromatic carbocycles. The Morgan fingerprint density at radius 1 is 1.29 bits per heavy atom. The third kappa shape index (κ3) is 4.04. The SMILES string of the molecule is CCCN1C(=O)[C@H]2[C@@H](CCN2C(=O)CCCC(=O)O)N(Cc2cccs2)C1=O. The molecule has 2 atom stereocenters. The van der Waals surface area contributed by atoms with Crippen LogP contribution in [0.3, 0.4) is 0 Å². The van der Waals surface area contributed by atoms with Crippen molar-refractivity contribution in [2.24, 2.45) is 0 Å². The van der Waals surface area contributed by atoms with Crippen molar-refractivity contribution in [3.63, 3.8) is 0 Å². The van der Waals surface area contributed by atoms with Gasteiger partial charge in [-0.3, -0.25) is 19.3 Å². The van der Waals surface area contributed by atoms with Gasteiger partial charge < -0.3 is 14.9 Å². The first-order chi connectivity index (χ1) is 13.4. The Hall–Kier alpha value is -2.42. The standard InChI is InChI=1S/C19H25N3O5S/c1-2-9-21-18(26)17-14(22(19(21)27)12-13-5-4-11-28-13)8-10-20(17)15(23)6-3-7-16(24)25/h4-5,11,14,17H,2-3,6-10,12H2,1H3,(H,24,25)/t14-,17-/m1/s1. The minimum atomic E-state index is -0.942. The minimum absolute atomic E-state index is 0.0768. The van der Waals surface area contributed by atoms with Gasteiger partial charge in [-0.05, 0) is 30.7 Å². The van der Waals surface area contributed by atoms with Crippen molar-refractivity contribution in [1.82, 2.24) is 14.7 Å². The fourth-order valence-corrected chi connectivity index (χ4v) is 4.65. The lowest BCUT2D eigenvalue weighted by Gasteiger charge is -2.43. The van der Waals surface area contributed by atoms with Crippen LogP contribution in [0.25, 0.3) is 0 Å². The highest BCUT2D eigenvalue weighted by atomic mass is 32.1. The van der Waals surface area contributed by atoms with E-state index in [4.69, 9.17) is 5.11 Å². The average molecular weight is 407 g/mol. The normalized spacial score (nSPS) is 22.0. The number of hydrogen-bond donors (Lipinski definition) is 1. The molecule has 0 spiro atoms. The Balaban J connectivity index is 1.80. The second kappa shape index (κ2) is 8.72. The number of urea groups is 1. The van der Waals surface area contributed by atoms with Crippen LogP contribution in [0.4, 0.5) is 4.79 Å². The van der Waals surface area contributed by atoms with E-state index >= 15 is 0 Å². The van der Waals surface area contributed by atoms with Gasteiger partial charge in [0, 0.05) is 30.8 Å². The average Bonchev–Trinajstić information content (AvgIpc) is 3.31. The van der Waals surface area contributed by atoms with Crippen LogP contribution in [-0.4, -0.2) is 68.8 Å². The number of aliphatic carboxylic acids is 1. The van der Waals surface area contributed by atoms with E-state index in [0.717, 1.165) is 4.88 Å². The first-order valence-electron chi connectivity index (χ1n) is 9.59. The fourth-order valence-electron chi connectivity index (χ4n) is 3.95. The third-order valence-corrected chi connectivity index (χ3v) is 6.08. The molecule has 2 aliphatic heterocycles. The van der Waals surface area contributed by atoms with Crippen molar-refractivity contribution in [3.05, 3.63) is 22.4 Å². The summed E-state index contributed by atoms with van der Waals surface area (Å²) >= 11 is 1.56. The van der Waals surface area contributed by atoms with Gasteiger partial charge in [-0.2, -0.15) is 0 Å². The predicted molar refractivity (Wildman–Crippen MR) is 103 cm³/mol. The molecule has 1 N–H and O–H groups in total. The highest BCUT2D eigenvalue weighted by Crippen LogP contribution is 2.32. The number of nitrogens with zero attached hydrogens (tertiary/aromatic N) is 3. The Bertz CT molecular complexity index is 751. The minimum Gasteiger partial charge on any atom is -0.481 e. The molecule has 3 rings (SSSR count). The molecule has 1 aromatic rings. The molecule has 28 heavy (non-hydrogen) atoms. The molecule has 2 saturated heterocycles. The highest BCUT2D eigenvalue weighted by molar-refractivity contribution is 7.09. The van der Waals surface area contributed by atoms with Crippen LogP contribution in [0.5, 0.6) is 0 Å². The Morgan fingerprint density at radius 2 is 2.07 bits per heavy atom. The summed E-state index contributed by atoms with van der Waals surface area (Å²) in [6.45, 7) is 3.05. The van der Waals surface area contributed by atoms with Gasteiger partial charge in [0.25, 0.3) is 5.91 Å². The predicted octanol–water partition coefficient (Wildman–Crippen LogP) is 2.15. The van der Waals surface area contributed by atoms with E-state index < -0.39 is 12.0 Å². The quantitative estimate of drug-likeness (QED) is 0.712. The van der Waals surface area contributed by atoms with Crippen molar-refractivity contribution in [1.29, 1.82) is 0 Å². The number of hydrogen-bond acceptors (Lipinski definition) is 5. The van der Waals surface area contributed by atoms with E-state index in [1.807, 2.05) is 24.4 Å². The summed E-state index contributed by atoms with van der Waals surface area (Å²) in [6, 6.07) is 2.58. The van der Waals surface area contributed by atoms with E-state index in [0.29, 0.717) is 32.5 Å². The van der Waals surface area contributed by atoms with Crippen LogP contribution >= 0.6 is 11.3 Å². The molecule has 152 valence electrons. The van der Waals surface area contributed by atoms with E-state index in [2.05, 4.69) is 0 Å². The van der Waals surface area contributed by atoms with Crippen molar-refractivity contribution in [2.45, 2.75) is 57.7 Å². The molecular formula is C19H25N3O5S. The molecule has 0 aliphatic carbocycles. The molecular weight excluding hydrogens is 382 g/mol. The second-order valence-electron chi connectivity index (χ2n) is 7.11. The molecule has 0 bridgehead atoms. The summed E-state index contributed by atoms with van der Waals surface area (Å²) in [7, 11) is 0. The van der Waals surface area contributed by atoms with Gasteiger partial charge in [0.15, 0.2) is 0 Å². The number of fused-ring (bicyclic) bond motifs is 1. The lowest BCUT2D eigenvalue weighted by Crippen LogP contribution is -2.65. The largest absolute Gasteiger partial charge is 0.481 e. The molecule has 0 radical (unpaired) electrons. The lowest BCUT2D eigenvalue weighted by molar-refractivity contribution is -0.146. The van der Waals surface area contributed by atoms with Crippen LogP contribution < -0.4 is 0 Å².